The number of nitrogens with one attached hydrogen (secondary N) is 2. The van der Waals surface area contributed by atoms with Crippen LogP contribution in [0.15, 0.2) is 35.3 Å². The van der Waals surface area contributed by atoms with E-state index in [9.17, 15) is 5.11 Å². The van der Waals surface area contributed by atoms with E-state index < -0.39 is 0 Å². The van der Waals surface area contributed by atoms with Gasteiger partial charge in [0.05, 0.1) is 13.2 Å². The molecule has 1 fully saturated rings. The largest absolute Gasteiger partial charge is 0.396 e. The fourth-order valence-electron chi connectivity index (χ4n) is 3.37. The Morgan fingerprint density at radius 2 is 1.93 bits per heavy atom. The van der Waals surface area contributed by atoms with Gasteiger partial charge in [-0.25, -0.2) is 0 Å². The van der Waals surface area contributed by atoms with Crippen LogP contribution >= 0.6 is 24.0 Å². The van der Waals surface area contributed by atoms with E-state index >= 15 is 0 Å². The Labute approximate surface area is 187 Å². The molecule has 1 saturated heterocycles. The molecule has 160 valence electrons. The number of likely N-dealkylation sites (N-methyl/N-ethyl adjacent to an activating group) is 1. The lowest BCUT2D eigenvalue weighted by Crippen LogP contribution is -2.39. The molecule has 3 N–H and O–H groups in total. The van der Waals surface area contributed by atoms with Crippen LogP contribution < -0.4 is 10.6 Å². The first-order valence-corrected chi connectivity index (χ1v) is 10.3. The van der Waals surface area contributed by atoms with Crippen LogP contribution in [0, 0.1) is 0 Å². The highest BCUT2D eigenvalue weighted by Gasteiger charge is 2.12. The molecule has 0 radical (unpaired) electrons. The van der Waals surface area contributed by atoms with Crippen molar-refractivity contribution >= 4 is 29.9 Å². The molecule has 1 heterocycles. The van der Waals surface area contributed by atoms with E-state index in [-0.39, 0.29) is 36.5 Å². The molecule has 2 rings (SSSR count). The molecule has 1 aliphatic rings. The van der Waals surface area contributed by atoms with Crippen LogP contribution in [0.5, 0.6) is 0 Å². The second-order valence-electron chi connectivity index (χ2n) is 7.29. The normalized spacial score (nSPS) is 17.5. The Hall–Kier alpha value is -0.900. The van der Waals surface area contributed by atoms with Crippen LogP contribution in [0.3, 0.4) is 0 Å². The lowest BCUT2D eigenvalue weighted by Gasteiger charge is -2.20. The van der Waals surface area contributed by atoms with E-state index in [1.165, 1.54) is 32.6 Å². The minimum Gasteiger partial charge on any atom is -0.396 e. The smallest absolute Gasteiger partial charge is 0.191 e. The van der Waals surface area contributed by atoms with Gasteiger partial charge in [0, 0.05) is 32.1 Å². The molecular formula is C21H38IN5O. The highest BCUT2D eigenvalue weighted by molar-refractivity contribution is 14.0. The van der Waals surface area contributed by atoms with Crippen molar-refractivity contribution in [3.63, 3.8) is 0 Å². The molecule has 1 aliphatic heterocycles. The molecule has 0 spiro atoms. The van der Waals surface area contributed by atoms with Gasteiger partial charge in [0.1, 0.15) is 0 Å². The Morgan fingerprint density at radius 3 is 2.64 bits per heavy atom. The summed E-state index contributed by atoms with van der Waals surface area (Å²) in [7, 11) is 2.21. The third kappa shape index (κ3) is 9.54. The van der Waals surface area contributed by atoms with Crippen molar-refractivity contribution in [1.82, 2.24) is 20.4 Å². The first-order valence-electron chi connectivity index (χ1n) is 10.3. The van der Waals surface area contributed by atoms with E-state index in [4.69, 9.17) is 0 Å². The lowest BCUT2D eigenvalue weighted by atomic mass is 10.0. The molecule has 7 heteroatoms. The molecule has 1 unspecified atom stereocenters. The van der Waals surface area contributed by atoms with Crippen molar-refractivity contribution in [1.29, 1.82) is 0 Å². The minimum atomic E-state index is 0. The van der Waals surface area contributed by atoms with Crippen LogP contribution in [0.1, 0.15) is 31.2 Å². The minimum absolute atomic E-state index is 0. The summed E-state index contributed by atoms with van der Waals surface area (Å²) in [6.45, 7) is 10.4. The van der Waals surface area contributed by atoms with Crippen LogP contribution in [0.2, 0.25) is 0 Å². The fraction of sp³-hybridized carbons (Fsp3) is 0.667. The van der Waals surface area contributed by atoms with Crippen molar-refractivity contribution in [3.8, 4) is 0 Å². The molecule has 0 bridgehead atoms. The summed E-state index contributed by atoms with van der Waals surface area (Å²) in [6, 6.07) is 10.1. The Morgan fingerprint density at radius 1 is 1.14 bits per heavy atom. The van der Waals surface area contributed by atoms with E-state index in [2.05, 4.69) is 51.5 Å². The van der Waals surface area contributed by atoms with Crippen molar-refractivity contribution in [2.24, 2.45) is 4.99 Å². The van der Waals surface area contributed by atoms with Crippen molar-refractivity contribution in [3.05, 3.63) is 35.9 Å². The summed E-state index contributed by atoms with van der Waals surface area (Å²) in [6.07, 6.45) is 2.37. The monoisotopic (exact) mass is 503 g/mol. The second-order valence-corrected chi connectivity index (χ2v) is 7.29. The van der Waals surface area contributed by atoms with Crippen LogP contribution in [-0.4, -0.2) is 86.9 Å². The highest BCUT2D eigenvalue weighted by atomic mass is 127. The number of aliphatic hydroxyl groups is 1. The average Bonchev–Trinajstić information content (AvgIpc) is 2.90. The van der Waals surface area contributed by atoms with E-state index in [1.54, 1.807) is 0 Å². The van der Waals surface area contributed by atoms with Gasteiger partial charge in [-0.3, -0.25) is 4.99 Å². The summed E-state index contributed by atoms with van der Waals surface area (Å²) < 4.78 is 0. The van der Waals surface area contributed by atoms with Crippen molar-refractivity contribution in [2.45, 2.75) is 25.7 Å². The summed E-state index contributed by atoms with van der Waals surface area (Å²) in [5.41, 5.74) is 1.13. The lowest BCUT2D eigenvalue weighted by molar-refractivity contribution is 0.268. The maximum absolute atomic E-state index is 9.70. The summed E-state index contributed by atoms with van der Waals surface area (Å²) in [5.74, 6) is 0.873. The number of aliphatic imine (C=N–C) groups is 1. The SMILES string of the molecule is CCNC(=NCC(CO)c1ccccc1)NCCCN1CCCN(C)CC1.I. The van der Waals surface area contributed by atoms with Gasteiger partial charge in [0.25, 0.3) is 0 Å². The predicted octanol–water partition coefficient (Wildman–Crippen LogP) is 1.96. The van der Waals surface area contributed by atoms with Crippen LogP contribution in [0.25, 0.3) is 0 Å². The first kappa shape index (κ1) is 25.1. The maximum Gasteiger partial charge on any atom is 0.191 e. The predicted molar refractivity (Wildman–Crippen MR) is 129 cm³/mol. The molecule has 1 aromatic rings. The number of nitrogens with zero attached hydrogens (tertiary/aromatic N) is 3. The van der Waals surface area contributed by atoms with Gasteiger partial charge in [-0.1, -0.05) is 30.3 Å². The van der Waals surface area contributed by atoms with Crippen LogP contribution in [0.4, 0.5) is 0 Å². The zero-order valence-electron chi connectivity index (χ0n) is 17.4. The van der Waals surface area contributed by atoms with Gasteiger partial charge in [-0.05, 0) is 52.0 Å². The third-order valence-corrected chi connectivity index (χ3v) is 5.06. The number of halogens is 1. The number of rotatable bonds is 9. The molecular weight excluding hydrogens is 465 g/mol. The summed E-state index contributed by atoms with van der Waals surface area (Å²) in [4.78, 5) is 9.66. The van der Waals surface area contributed by atoms with E-state index in [0.29, 0.717) is 6.54 Å². The average molecular weight is 503 g/mol. The zero-order valence-corrected chi connectivity index (χ0v) is 19.8. The Bertz CT molecular complexity index is 543. The van der Waals surface area contributed by atoms with Crippen molar-refractivity contribution < 1.29 is 5.11 Å². The topological polar surface area (TPSA) is 63.1 Å². The summed E-state index contributed by atoms with van der Waals surface area (Å²) in [5, 5.41) is 16.4. The fourth-order valence-corrected chi connectivity index (χ4v) is 3.37. The highest BCUT2D eigenvalue weighted by Crippen LogP contribution is 2.14. The molecule has 0 saturated carbocycles. The summed E-state index contributed by atoms with van der Waals surface area (Å²) >= 11 is 0. The molecule has 6 nitrogen and oxygen atoms in total. The van der Waals surface area contributed by atoms with Crippen molar-refractivity contribution in [2.75, 3.05) is 66.0 Å². The quantitative estimate of drug-likeness (QED) is 0.208. The number of aliphatic hydroxyl groups excluding tert-OH is 1. The number of hydrogen-bond acceptors (Lipinski definition) is 4. The van der Waals surface area contributed by atoms with Crippen LogP contribution in [-0.2, 0) is 0 Å². The maximum atomic E-state index is 9.70. The second kappa shape index (κ2) is 15.0. The van der Waals surface area contributed by atoms with Gasteiger partial charge >= 0.3 is 0 Å². The molecule has 28 heavy (non-hydrogen) atoms. The molecule has 0 aromatic heterocycles. The molecule has 0 amide bonds. The van der Waals surface area contributed by atoms with Gasteiger partial charge in [-0.15, -0.1) is 24.0 Å². The van der Waals surface area contributed by atoms with Gasteiger partial charge in [0.2, 0.25) is 0 Å². The number of benzene rings is 1. The van der Waals surface area contributed by atoms with Gasteiger partial charge in [0.15, 0.2) is 5.96 Å². The number of guanidine groups is 1. The first-order chi connectivity index (χ1) is 13.2. The standard InChI is InChI=1S/C21H37N5O.HI/c1-3-22-21(24-17-20(18-27)19-9-5-4-6-10-19)23-11-7-13-26-14-8-12-25(2)15-16-26;/h4-6,9-10,20,27H,3,7-8,11-18H2,1-2H3,(H2,22,23,24);1H. The Kier molecular flexibility index (Phi) is 13.5. The Balaban J connectivity index is 0.00000392. The number of hydrogen-bond donors (Lipinski definition) is 3. The van der Waals surface area contributed by atoms with Gasteiger partial charge < -0.3 is 25.5 Å². The molecule has 0 aliphatic carbocycles. The molecule has 1 atom stereocenters. The van der Waals surface area contributed by atoms with E-state index in [1.807, 2.05) is 18.2 Å². The third-order valence-electron chi connectivity index (χ3n) is 5.06. The van der Waals surface area contributed by atoms with E-state index in [0.717, 1.165) is 37.6 Å². The van der Waals surface area contributed by atoms with Gasteiger partial charge in [-0.2, -0.15) is 0 Å². The zero-order chi connectivity index (χ0) is 19.3. The molecule has 1 aromatic carbocycles.